The van der Waals surface area contributed by atoms with Gasteiger partial charge in [0.1, 0.15) is 6.10 Å². The highest BCUT2D eigenvalue weighted by Gasteiger charge is 2.29. The molecule has 0 bridgehead atoms. The Morgan fingerprint density at radius 2 is 2.38 bits per heavy atom. The van der Waals surface area contributed by atoms with Gasteiger partial charge in [-0.3, -0.25) is 9.63 Å². The van der Waals surface area contributed by atoms with Gasteiger partial charge in [-0.25, -0.2) is 5.48 Å². The van der Waals surface area contributed by atoms with Crippen molar-refractivity contribution in [1.29, 1.82) is 0 Å². The maximum absolute atomic E-state index is 11.1. The topological polar surface area (TPSA) is 73.6 Å². The van der Waals surface area contributed by atoms with Gasteiger partial charge >= 0.3 is 0 Å². The van der Waals surface area contributed by atoms with Crippen LogP contribution in [0.5, 0.6) is 0 Å². The van der Waals surface area contributed by atoms with Crippen molar-refractivity contribution in [3.63, 3.8) is 0 Å². The van der Waals surface area contributed by atoms with E-state index in [-0.39, 0.29) is 24.4 Å². The number of hydrogen-bond acceptors (Lipinski definition) is 4. The van der Waals surface area contributed by atoms with E-state index in [0.717, 1.165) is 12.8 Å². The van der Waals surface area contributed by atoms with Crippen molar-refractivity contribution >= 4 is 18.3 Å². The van der Waals surface area contributed by atoms with E-state index in [1.807, 2.05) is 0 Å². The third-order valence-electron chi connectivity index (χ3n) is 1.87. The highest BCUT2D eigenvalue weighted by Crippen LogP contribution is 2.18. The molecule has 0 spiro atoms. The van der Waals surface area contributed by atoms with Gasteiger partial charge < -0.3 is 10.5 Å². The summed E-state index contributed by atoms with van der Waals surface area (Å²) in [5, 5.41) is 0. The highest BCUT2D eigenvalue weighted by molar-refractivity contribution is 5.85. The van der Waals surface area contributed by atoms with E-state index in [0.29, 0.717) is 6.54 Å². The van der Waals surface area contributed by atoms with E-state index in [9.17, 15) is 4.79 Å². The first kappa shape index (κ1) is 12.6. The van der Waals surface area contributed by atoms with Crippen LogP contribution in [0.1, 0.15) is 12.8 Å². The molecule has 5 nitrogen and oxygen atoms in total. The summed E-state index contributed by atoms with van der Waals surface area (Å²) in [6.45, 7) is 0.469. The highest BCUT2D eigenvalue weighted by atomic mass is 35.5. The van der Waals surface area contributed by atoms with Gasteiger partial charge in [0.15, 0.2) is 0 Å². The number of amides is 1. The zero-order valence-corrected chi connectivity index (χ0v) is 8.30. The summed E-state index contributed by atoms with van der Waals surface area (Å²) in [5.74, 6) is -0.228. The molecule has 6 heteroatoms. The van der Waals surface area contributed by atoms with E-state index in [2.05, 4.69) is 10.3 Å². The Kier molecular flexibility index (Phi) is 5.98. The molecule has 0 aliphatic carbocycles. The number of hydrogen-bond donors (Lipinski definition) is 2. The van der Waals surface area contributed by atoms with Gasteiger partial charge in [-0.05, 0) is 12.8 Å². The minimum absolute atomic E-state index is 0. The molecule has 0 aromatic carbocycles. The van der Waals surface area contributed by atoms with Crippen molar-refractivity contribution in [2.45, 2.75) is 25.0 Å². The minimum Gasteiger partial charge on any atom is -0.364 e. The zero-order chi connectivity index (χ0) is 8.97. The molecule has 1 amide bonds. The van der Waals surface area contributed by atoms with Crippen molar-refractivity contribution < 1.29 is 14.4 Å². The lowest BCUT2D eigenvalue weighted by molar-refractivity contribution is -0.142. The Morgan fingerprint density at radius 1 is 1.69 bits per heavy atom. The summed E-state index contributed by atoms with van der Waals surface area (Å²) in [6.07, 6.45) is 1.20. The van der Waals surface area contributed by atoms with Crippen LogP contribution in [0.15, 0.2) is 0 Å². The molecule has 0 unspecified atom stereocenters. The predicted octanol–water partition coefficient (Wildman–Crippen LogP) is -0.408. The second kappa shape index (κ2) is 6.15. The van der Waals surface area contributed by atoms with Gasteiger partial charge in [-0.2, -0.15) is 0 Å². The largest absolute Gasteiger partial charge is 0.364 e. The molecule has 1 heterocycles. The summed E-state index contributed by atoms with van der Waals surface area (Å²) >= 11 is 0. The Bertz CT molecular complexity index is 168. The van der Waals surface area contributed by atoms with Crippen LogP contribution in [0.4, 0.5) is 0 Å². The van der Waals surface area contributed by atoms with Crippen LogP contribution >= 0.6 is 12.4 Å². The normalized spacial score (nSPS) is 26.6. The van der Waals surface area contributed by atoms with Crippen molar-refractivity contribution in [1.82, 2.24) is 5.48 Å². The molecule has 3 N–H and O–H groups in total. The third-order valence-corrected chi connectivity index (χ3v) is 1.87. The molecule has 2 atom stereocenters. The molecule has 1 fully saturated rings. The van der Waals surface area contributed by atoms with Crippen LogP contribution in [0.25, 0.3) is 0 Å². The number of nitrogens with one attached hydrogen (secondary N) is 1. The van der Waals surface area contributed by atoms with Crippen molar-refractivity contribution in [3.05, 3.63) is 0 Å². The second-order valence-corrected chi connectivity index (χ2v) is 2.73. The Balaban J connectivity index is 0.00000144. The van der Waals surface area contributed by atoms with Crippen LogP contribution in [-0.4, -0.2) is 31.8 Å². The first-order chi connectivity index (χ1) is 5.77. The van der Waals surface area contributed by atoms with Crippen LogP contribution in [0.3, 0.4) is 0 Å². The maximum atomic E-state index is 11.1. The summed E-state index contributed by atoms with van der Waals surface area (Å²) in [5.41, 5.74) is 7.61. The SMILES string of the molecule is CONC(=O)[C@@H]1CC[C@H](CN)O1.Cl. The quantitative estimate of drug-likeness (QED) is 0.622. The van der Waals surface area contributed by atoms with Gasteiger partial charge in [0.2, 0.25) is 0 Å². The average molecular weight is 211 g/mol. The first-order valence-corrected chi connectivity index (χ1v) is 3.96. The van der Waals surface area contributed by atoms with Crippen molar-refractivity contribution in [3.8, 4) is 0 Å². The standard InChI is InChI=1S/C7H14N2O3.ClH/c1-11-9-7(10)6-3-2-5(4-8)12-6;/h5-6H,2-4,8H2,1H3,(H,9,10);1H/t5-,6+;/m1./s1. The van der Waals surface area contributed by atoms with Crippen molar-refractivity contribution in [2.24, 2.45) is 5.73 Å². The maximum Gasteiger partial charge on any atom is 0.272 e. The molecular weight excluding hydrogens is 196 g/mol. The number of rotatable bonds is 3. The predicted molar refractivity (Wildman–Crippen MR) is 49.3 cm³/mol. The summed E-state index contributed by atoms with van der Waals surface area (Å²) in [6, 6.07) is 0. The smallest absolute Gasteiger partial charge is 0.272 e. The van der Waals surface area contributed by atoms with Crippen LogP contribution in [-0.2, 0) is 14.4 Å². The number of halogens is 1. The second-order valence-electron chi connectivity index (χ2n) is 2.73. The average Bonchev–Trinajstić information content (AvgIpc) is 2.52. The number of carbonyl (C=O) groups is 1. The molecule has 1 saturated heterocycles. The molecule has 0 saturated carbocycles. The molecule has 1 aliphatic rings. The Hall–Kier alpha value is -0.360. The van der Waals surface area contributed by atoms with Gasteiger partial charge in [0, 0.05) is 6.54 Å². The lowest BCUT2D eigenvalue weighted by Gasteiger charge is -2.10. The minimum atomic E-state index is -0.390. The fourth-order valence-electron chi connectivity index (χ4n) is 1.24. The molecule has 0 aromatic rings. The van der Waals surface area contributed by atoms with Gasteiger partial charge in [0.05, 0.1) is 13.2 Å². The van der Waals surface area contributed by atoms with Gasteiger partial charge in [-0.15, -0.1) is 12.4 Å². The molecular formula is C7H15ClN2O3. The molecule has 1 aliphatic heterocycles. The summed E-state index contributed by atoms with van der Waals surface area (Å²) in [7, 11) is 1.40. The van der Waals surface area contributed by atoms with Crippen molar-refractivity contribution in [2.75, 3.05) is 13.7 Å². The van der Waals surface area contributed by atoms with Gasteiger partial charge in [0.25, 0.3) is 5.91 Å². The molecule has 13 heavy (non-hydrogen) atoms. The van der Waals surface area contributed by atoms with Crippen LogP contribution < -0.4 is 11.2 Å². The fraction of sp³-hybridized carbons (Fsp3) is 0.857. The fourth-order valence-corrected chi connectivity index (χ4v) is 1.24. The molecule has 0 aromatic heterocycles. The van der Waals surface area contributed by atoms with E-state index >= 15 is 0 Å². The van der Waals surface area contributed by atoms with E-state index in [1.165, 1.54) is 7.11 Å². The number of ether oxygens (including phenoxy) is 1. The molecule has 78 valence electrons. The van der Waals surface area contributed by atoms with Crippen LogP contribution in [0, 0.1) is 0 Å². The van der Waals surface area contributed by atoms with Gasteiger partial charge in [-0.1, -0.05) is 0 Å². The third kappa shape index (κ3) is 3.48. The first-order valence-electron chi connectivity index (χ1n) is 3.96. The van der Waals surface area contributed by atoms with E-state index in [4.69, 9.17) is 10.5 Å². The Morgan fingerprint density at radius 3 is 2.85 bits per heavy atom. The zero-order valence-electron chi connectivity index (χ0n) is 7.49. The van der Waals surface area contributed by atoms with Crippen LogP contribution in [0.2, 0.25) is 0 Å². The lowest BCUT2D eigenvalue weighted by Crippen LogP contribution is -2.34. The lowest BCUT2D eigenvalue weighted by atomic mass is 10.2. The molecule has 1 rings (SSSR count). The summed E-state index contributed by atoms with van der Waals surface area (Å²) in [4.78, 5) is 15.6. The molecule has 0 radical (unpaired) electrons. The monoisotopic (exact) mass is 210 g/mol. The number of carbonyl (C=O) groups excluding carboxylic acids is 1. The Labute approximate surface area is 83.3 Å². The van der Waals surface area contributed by atoms with E-state index in [1.54, 1.807) is 0 Å². The number of nitrogens with two attached hydrogens (primary N) is 1. The number of hydroxylamine groups is 1. The summed E-state index contributed by atoms with van der Waals surface area (Å²) < 4.78 is 5.31. The van der Waals surface area contributed by atoms with E-state index < -0.39 is 6.10 Å².